The Balaban J connectivity index is 2.73. The van der Waals surface area contributed by atoms with Crippen molar-refractivity contribution in [2.24, 2.45) is 5.92 Å². The molecule has 0 saturated carbocycles. The first kappa shape index (κ1) is 18.6. The molecule has 0 aromatic heterocycles. The predicted molar refractivity (Wildman–Crippen MR) is 88.4 cm³/mol. The number of hydrogen-bond donors (Lipinski definition) is 1. The van der Waals surface area contributed by atoms with Crippen LogP contribution in [0.1, 0.15) is 40.5 Å². The second-order valence-electron chi connectivity index (χ2n) is 6.65. The number of nitrogens with zero attached hydrogens (tertiary/aromatic N) is 2. The lowest BCUT2D eigenvalue weighted by molar-refractivity contribution is 0.215. The lowest BCUT2D eigenvalue weighted by atomic mass is 9.98. The van der Waals surface area contributed by atoms with Crippen LogP contribution in [0.5, 0.6) is 0 Å². The lowest BCUT2D eigenvalue weighted by Gasteiger charge is -2.40. The molecule has 1 saturated heterocycles. The van der Waals surface area contributed by atoms with Crippen molar-refractivity contribution < 1.29 is 8.42 Å². The highest BCUT2D eigenvalue weighted by Crippen LogP contribution is 2.25. The van der Waals surface area contributed by atoms with Gasteiger partial charge in [-0.25, -0.2) is 0 Å². The molecule has 5 nitrogen and oxygen atoms in total. The summed E-state index contributed by atoms with van der Waals surface area (Å²) in [5.41, 5.74) is -0.437. The van der Waals surface area contributed by atoms with E-state index in [4.69, 9.17) is 0 Å². The SMILES string of the molecule is C=CCN(C(C)(C)C)S(=O)(=O)N1CCC(CNCC)CC1. The summed E-state index contributed by atoms with van der Waals surface area (Å²) < 4.78 is 28.8. The average molecular weight is 317 g/mol. The van der Waals surface area contributed by atoms with Gasteiger partial charge < -0.3 is 5.32 Å². The minimum atomic E-state index is -3.41. The van der Waals surface area contributed by atoms with E-state index in [0.717, 1.165) is 25.9 Å². The van der Waals surface area contributed by atoms with Crippen LogP contribution in [0.2, 0.25) is 0 Å². The quantitative estimate of drug-likeness (QED) is 0.729. The Kier molecular flexibility index (Phi) is 6.84. The lowest BCUT2D eigenvalue weighted by Crippen LogP contribution is -2.54. The Morgan fingerprint density at radius 1 is 1.33 bits per heavy atom. The maximum atomic E-state index is 12.8. The van der Waals surface area contributed by atoms with Gasteiger partial charge in [0, 0.05) is 25.2 Å². The first-order valence-corrected chi connectivity index (χ1v) is 9.22. The van der Waals surface area contributed by atoms with Crippen molar-refractivity contribution >= 4 is 10.2 Å². The van der Waals surface area contributed by atoms with Crippen molar-refractivity contribution in [3.63, 3.8) is 0 Å². The standard InChI is InChI=1S/C15H31N3O2S/c1-6-10-18(15(3,4)5)21(19,20)17-11-8-14(9-12-17)13-16-7-2/h6,14,16H,1,7-13H2,2-5H3. The van der Waals surface area contributed by atoms with Crippen LogP contribution in [0, 0.1) is 5.92 Å². The van der Waals surface area contributed by atoms with E-state index in [9.17, 15) is 8.42 Å². The molecule has 124 valence electrons. The summed E-state index contributed by atoms with van der Waals surface area (Å²) in [6, 6.07) is 0. The Morgan fingerprint density at radius 3 is 2.33 bits per heavy atom. The molecule has 0 spiro atoms. The summed E-state index contributed by atoms with van der Waals surface area (Å²) in [6.07, 6.45) is 3.51. The van der Waals surface area contributed by atoms with E-state index in [-0.39, 0.29) is 0 Å². The highest BCUT2D eigenvalue weighted by atomic mass is 32.2. The largest absolute Gasteiger partial charge is 0.317 e. The zero-order valence-corrected chi connectivity index (χ0v) is 14.7. The van der Waals surface area contributed by atoms with Crippen LogP contribution in [-0.4, -0.2) is 55.3 Å². The molecule has 0 unspecified atom stereocenters. The molecule has 0 aromatic rings. The van der Waals surface area contributed by atoms with Crippen molar-refractivity contribution in [1.29, 1.82) is 0 Å². The summed E-state index contributed by atoms with van der Waals surface area (Å²) in [5, 5.41) is 3.35. The average Bonchev–Trinajstić information content (AvgIpc) is 2.41. The maximum Gasteiger partial charge on any atom is 0.282 e. The molecule has 0 atom stereocenters. The van der Waals surface area contributed by atoms with Gasteiger partial charge in [0.25, 0.3) is 10.2 Å². The van der Waals surface area contributed by atoms with Crippen LogP contribution >= 0.6 is 0 Å². The van der Waals surface area contributed by atoms with Crippen molar-refractivity contribution in [3.8, 4) is 0 Å². The van der Waals surface area contributed by atoms with E-state index in [0.29, 0.717) is 25.6 Å². The van der Waals surface area contributed by atoms with E-state index in [2.05, 4.69) is 18.8 Å². The van der Waals surface area contributed by atoms with E-state index in [1.54, 1.807) is 10.4 Å². The van der Waals surface area contributed by atoms with Gasteiger partial charge in [-0.05, 0) is 52.6 Å². The van der Waals surface area contributed by atoms with Crippen LogP contribution in [0.25, 0.3) is 0 Å². The third-order valence-corrected chi connectivity index (χ3v) is 6.18. The van der Waals surface area contributed by atoms with Gasteiger partial charge in [0.1, 0.15) is 0 Å². The van der Waals surface area contributed by atoms with Gasteiger partial charge >= 0.3 is 0 Å². The second kappa shape index (κ2) is 7.72. The molecule has 6 heteroatoms. The normalized spacial score (nSPS) is 19.1. The summed E-state index contributed by atoms with van der Waals surface area (Å²) in [6.45, 7) is 15.1. The molecule has 1 aliphatic heterocycles. The Bertz CT molecular complexity index is 421. The van der Waals surface area contributed by atoms with Gasteiger partial charge in [0.2, 0.25) is 0 Å². The molecule has 21 heavy (non-hydrogen) atoms. The van der Waals surface area contributed by atoms with Crippen molar-refractivity contribution in [3.05, 3.63) is 12.7 Å². The van der Waals surface area contributed by atoms with Gasteiger partial charge in [0.05, 0.1) is 0 Å². The molecule has 1 fully saturated rings. The Morgan fingerprint density at radius 2 is 1.90 bits per heavy atom. The van der Waals surface area contributed by atoms with Gasteiger partial charge in [-0.15, -0.1) is 6.58 Å². The van der Waals surface area contributed by atoms with Gasteiger partial charge in [-0.1, -0.05) is 13.0 Å². The smallest absolute Gasteiger partial charge is 0.282 e. The second-order valence-corrected chi connectivity index (χ2v) is 8.50. The minimum Gasteiger partial charge on any atom is -0.317 e. The van der Waals surface area contributed by atoms with Gasteiger partial charge in [0.15, 0.2) is 0 Å². The highest BCUT2D eigenvalue weighted by molar-refractivity contribution is 7.86. The van der Waals surface area contributed by atoms with E-state index in [1.807, 2.05) is 20.8 Å². The molecule has 1 rings (SSSR count). The van der Waals surface area contributed by atoms with Crippen LogP contribution in [-0.2, 0) is 10.2 Å². The third kappa shape index (κ3) is 5.06. The molecule has 1 heterocycles. The fourth-order valence-electron chi connectivity index (χ4n) is 2.66. The molecule has 0 radical (unpaired) electrons. The van der Waals surface area contributed by atoms with E-state index < -0.39 is 15.7 Å². The zero-order valence-electron chi connectivity index (χ0n) is 13.9. The maximum absolute atomic E-state index is 12.8. The third-order valence-electron chi connectivity index (χ3n) is 3.90. The number of piperidine rings is 1. The first-order chi connectivity index (χ1) is 9.73. The molecule has 0 aliphatic carbocycles. The van der Waals surface area contributed by atoms with Crippen LogP contribution in [0.3, 0.4) is 0 Å². The van der Waals surface area contributed by atoms with Crippen LogP contribution < -0.4 is 5.32 Å². The fraction of sp³-hybridized carbons (Fsp3) is 0.867. The summed E-state index contributed by atoms with van der Waals surface area (Å²) in [4.78, 5) is 0. The molecule has 1 aliphatic rings. The molecule has 0 amide bonds. The number of nitrogens with one attached hydrogen (secondary N) is 1. The summed E-state index contributed by atoms with van der Waals surface area (Å²) in [7, 11) is -3.41. The Hall–Kier alpha value is -0.430. The summed E-state index contributed by atoms with van der Waals surface area (Å²) >= 11 is 0. The molecule has 0 aromatic carbocycles. The van der Waals surface area contributed by atoms with Crippen LogP contribution in [0.15, 0.2) is 12.7 Å². The predicted octanol–water partition coefficient (Wildman–Crippen LogP) is 1.84. The van der Waals surface area contributed by atoms with Crippen LogP contribution in [0.4, 0.5) is 0 Å². The summed E-state index contributed by atoms with van der Waals surface area (Å²) in [5.74, 6) is 0.582. The topological polar surface area (TPSA) is 52.7 Å². The monoisotopic (exact) mass is 317 g/mol. The van der Waals surface area contributed by atoms with E-state index in [1.165, 1.54) is 4.31 Å². The fourth-order valence-corrected chi connectivity index (χ4v) is 4.60. The number of rotatable bonds is 7. The van der Waals surface area contributed by atoms with Crippen molar-refractivity contribution in [1.82, 2.24) is 13.9 Å². The molecule has 1 N–H and O–H groups in total. The highest BCUT2D eigenvalue weighted by Gasteiger charge is 2.37. The molecular formula is C15H31N3O2S. The number of hydrogen-bond acceptors (Lipinski definition) is 3. The van der Waals surface area contributed by atoms with Gasteiger partial charge in [-0.3, -0.25) is 0 Å². The Labute approximate surface area is 130 Å². The zero-order chi connectivity index (χ0) is 16.1. The van der Waals surface area contributed by atoms with Crippen molar-refractivity contribution in [2.45, 2.75) is 46.1 Å². The first-order valence-electron chi connectivity index (χ1n) is 7.83. The van der Waals surface area contributed by atoms with E-state index >= 15 is 0 Å². The molecular weight excluding hydrogens is 286 g/mol. The van der Waals surface area contributed by atoms with Crippen molar-refractivity contribution in [2.75, 3.05) is 32.7 Å². The minimum absolute atomic E-state index is 0.350. The van der Waals surface area contributed by atoms with Gasteiger partial charge in [-0.2, -0.15) is 17.0 Å². The molecule has 0 bridgehead atoms.